The molecule has 1 atom stereocenters. The summed E-state index contributed by atoms with van der Waals surface area (Å²) in [4.78, 5) is 40.0. The molecule has 0 spiro atoms. The van der Waals surface area contributed by atoms with Crippen LogP contribution in [0.3, 0.4) is 0 Å². The quantitative estimate of drug-likeness (QED) is 0.826. The average molecular weight is 307 g/mol. The molecule has 8 heteroatoms. The molecule has 0 fully saturated rings. The first-order chi connectivity index (χ1) is 10.4. The lowest BCUT2D eigenvalue weighted by Gasteiger charge is -2.12. The minimum absolute atomic E-state index is 0.000140. The highest BCUT2D eigenvalue weighted by atomic mass is 16.5. The molecule has 0 aromatic carbocycles. The number of furan rings is 1. The molecule has 0 saturated carbocycles. The summed E-state index contributed by atoms with van der Waals surface area (Å²) < 4.78 is 11.7. The van der Waals surface area contributed by atoms with Gasteiger partial charge in [-0.05, 0) is 20.8 Å². The highest BCUT2D eigenvalue weighted by Gasteiger charge is 2.26. The van der Waals surface area contributed by atoms with Crippen molar-refractivity contribution in [3.8, 4) is 0 Å². The Labute approximate surface area is 126 Å². The predicted molar refractivity (Wildman–Crippen MR) is 77.5 cm³/mol. The molecule has 0 saturated heterocycles. The second-order valence-electron chi connectivity index (χ2n) is 4.82. The van der Waals surface area contributed by atoms with Crippen LogP contribution in [0.15, 0.2) is 15.5 Å². The number of hydrogen-bond donors (Lipinski definition) is 1. The van der Waals surface area contributed by atoms with Gasteiger partial charge in [-0.1, -0.05) is 0 Å². The van der Waals surface area contributed by atoms with Crippen LogP contribution in [-0.4, -0.2) is 34.1 Å². The number of aryl methyl sites for hydroxylation is 2. The summed E-state index contributed by atoms with van der Waals surface area (Å²) in [6.07, 6.45) is 0.331. The zero-order chi connectivity index (χ0) is 16.4. The summed E-state index contributed by atoms with van der Waals surface area (Å²) in [5.41, 5.74) is -0.350. The summed E-state index contributed by atoms with van der Waals surface area (Å²) >= 11 is 0. The van der Waals surface area contributed by atoms with E-state index in [0.29, 0.717) is 6.54 Å². The number of nitrogens with zero attached hydrogens (tertiary/aromatic N) is 2. The van der Waals surface area contributed by atoms with Gasteiger partial charge in [-0.2, -0.15) is 0 Å². The summed E-state index contributed by atoms with van der Waals surface area (Å²) in [5.74, 6) is -0.980. The van der Waals surface area contributed by atoms with E-state index >= 15 is 0 Å². The normalized spacial score (nSPS) is 12.2. The molecule has 0 aliphatic carbocycles. The van der Waals surface area contributed by atoms with Crippen molar-refractivity contribution in [2.45, 2.75) is 26.9 Å². The zero-order valence-electron chi connectivity index (χ0n) is 12.8. The van der Waals surface area contributed by atoms with Crippen LogP contribution in [0.25, 0.3) is 11.1 Å². The number of rotatable bonds is 4. The maximum Gasteiger partial charge on any atom is 0.343 e. The summed E-state index contributed by atoms with van der Waals surface area (Å²) in [6.45, 7) is 5.18. The monoisotopic (exact) mass is 307 g/mol. The lowest BCUT2D eigenvalue weighted by Crippen LogP contribution is -2.35. The number of likely N-dealkylation sites (N-methyl/N-ethyl adjacent to an activating group) is 1. The van der Waals surface area contributed by atoms with Gasteiger partial charge in [-0.15, -0.1) is 0 Å². The first-order valence-corrected chi connectivity index (χ1v) is 6.80. The predicted octanol–water partition coefficient (Wildman–Crippen LogP) is 0.516. The van der Waals surface area contributed by atoms with Gasteiger partial charge >= 0.3 is 5.97 Å². The molecule has 2 heterocycles. The fourth-order valence-electron chi connectivity index (χ4n) is 2.02. The van der Waals surface area contributed by atoms with Crippen LogP contribution < -0.4 is 10.9 Å². The Morgan fingerprint density at radius 1 is 1.50 bits per heavy atom. The number of carbonyl (C=O) groups excluding carboxylic acids is 2. The van der Waals surface area contributed by atoms with Gasteiger partial charge in [0, 0.05) is 13.6 Å². The Kier molecular flexibility index (Phi) is 4.30. The van der Waals surface area contributed by atoms with Gasteiger partial charge in [-0.25, -0.2) is 9.78 Å². The molecule has 0 radical (unpaired) electrons. The molecule has 0 aliphatic heterocycles. The second kappa shape index (κ2) is 6.00. The van der Waals surface area contributed by atoms with Gasteiger partial charge in [0.25, 0.3) is 11.5 Å². The molecule has 2 aromatic heterocycles. The molecular weight excluding hydrogens is 290 g/mol. The molecule has 1 N–H and O–H groups in total. The minimum Gasteiger partial charge on any atom is -0.449 e. The van der Waals surface area contributed by atoms with Crippen molar-refractivity contribution in [3.05, 3.63) is 28.0 Å². The number of amides is 1. The number of nitrogens with one attached hydrogen (secondary N) is 1. The van der Waals surface area contributed by atoms with Crippen molar-refractivity contribution < 1.29 is 18.7 Å². The highest BCUT2D eigenvalue weighted by molar-refractivity contribution is 6.04. The fourth-order valence-corrected chi connectivity index (χ4v) is 2.02. The number of fused-ring (bicyclic) bond motifs is 1. The van der Waals surface area contributed by atoms with Gasteiger partial charge in [-0.3, -0.25) is 9.59 Å². The van der Waals surface area contributed by atoms with E-state index in [2.05, 4.69) is 10.3 Å². The standard InChI is InChI=1S/C14H17N3O5/c1-5-15-11(18)8(3)22-14(20)9-7(2)21-12-10(9)13(19)17(4)6-16-12/h6,8H,5H2,1-4H3,(H,15,18). The topological polar surface area (TPSA) is 103 Å². The van der Waals surface area contributed by atoms with E-state index in [-0.39, 0.29) is 22.4 Å². The lowest BCUT2D eigenvalue weighted by atomic mass is 10.2. The molecule has 1 unspecified atom stereocenters. The van der Waals surface area contributed by atoms with E-state index in [0.717, 1.165) is 0 Å². The zero-order valence-corrected chi connectivity index (χ0v) is 12.8. The second-order valence-corrected chi connectivity index (χ2v) is 4.82. The van der Waals surface area contributed by atoms with Crippen LogP contribution in [0, 0.1) is 6.92 Å². The first kappa shape index (κ1) is 15.7. The van der Waals surface area contributed by atoms with Crippen molar-refractivity contribution in [2.75, 3.05) is 6.54 Å². The van der Waals surface area contributed by atoms with Crippen LogP contribution in [0.2, 0.25) is 0 Å². The van der Waals surface area contributed by atoms with E-state index in [1.807, 2.05) is 0 Å². The van der Waals surface area contributed by atoms with Gasteiger partial charge in [0.15, 0.2) is 6.10 Å². The van der Waals surface area contributed by atoms with E-state index in [9.17, 15) is 14.4 Å². The molecule has 118 valence electrons. The van der Waals surface area contributed by atoms with Crippen LogP contribution in [0.1, 0.15) is 30.0 Å². The largest absolute Gasteiger partial charge is 0.449 e. The number of esters is 1. The third-order valence-electron chi connectivity index (χ3n) is 3.16. The molecule has 2 aromatic rings. The fraction of sp³-hybridized carbons (Fsp3) is 0.429. The molecule has 0 aliphatic rings. The van der Waals surface area contributed by atoms with Crippen LogP contribution in [-0.2, 0) is 16.6 Å². The van der Waals surface area contributed by atoms with Gasteiger partial charge in [0.05, 0.1) is 0 Å². The van der Waals surface area contributed by atoms with Crippen molar-refractivity contribution in [1.29, 1.82) is 0 Å². The van der Waals surface area contributed by atoms with E-state index < -0.39 is 23.5 Å². The van der Waals surface area contributed by atoms with Crippen LogP contribution in [0.4, 0.5) is 0 Å². The number of aromatic nitrogens is 2. The van der Waals surface area contributed by atoms with Gasteiger partial charge in [0.1, 0.15) is 23.0 Å². The maximum absolute atomic E-state index is 12.3. The Bertz CT molecular complexity index is 790. The Morgan fingerprint density at radius 2 is 2.18 bits per heavy atom. The number of ether oxygens (including phenoxy) is 1. The van der Waals surface area contributed by atoms with Crippen molar-refractivity contribution >= 4 is 23.0 Å². The van der Waals surface area contributed by atoms with E-state index in [1.54, 1.807) is 6.92 Å². The molecule has 1 amide bonds. The average Bonchev–Trinajstić information content (AvgIpc) is 2.80. The Hall–Kier alpha value is -2.64. The highest BCUT2D eigenvalue weighted by Crippen LogP contribution is 2.22. The first-order valence-electron chi connectivity index (χ1n) is 6.80. The third kappa shape index (κ3) is 2.72. The van der Waals surface area contributed by atoms with Crippen molar-refractivity contribution in [1.82, 2.24) is 14.9 Å². The molecule has 22 heavy (non-hydrogen) atoms. The summed E-state index contributed by atoms with van der Waals surface area (Å²) in [5, 5.41) is 2.60. The van der Waals surface area contributed by atoms with Crippen LogP contribution in [0.5, 0.6) is 0 Å². The molecule has 0 bridgehead atoms. The molecular formula is C14H17N3O5. The van der Waals surface area contributed by atoms with Gasteiger partial charge < -0.3 is 19.0 Å². The van der Waals surface area contributed by atoms with Crippen molar-refractivity contribution in [2.24, 2.45) is 7.05 Å². The smallest absolute Gasteiger partial charge is 0.343 e. The molecule has 8 nitrogen and oxygen atoms in total. The Balaban J connectivity index is 2.40. The Morgan fingerprint density at radius 3 is 2.82 bits per heavy atom. The van der Waals surface area contributed by atoms with Crippen LogP contribution >= 0.6 is 0 Å². The SMILES string of the molecule is CCNC(=O)C(C)OC(=O)c1c(C)oc2ncn(C)c(=O)c12. The van der Waals surface area contributed by atoms with Crippen molar-refractivity contribution in [3.63, 3.8) is 0 Å². The number of carbonyl (C=O) groups is 2. The van der Waals surface area contributed by atoms with Gasteiger partial charge in [0.2, 0.25) is 5.71 Å². The van der Waals surface area contributed by atoms with E-state index in [1.165, 1.54) is 31.8 Å². The summed E-state index contributed by atoms with van der Waals surface area (Å²) in [7, 11) is 1.52. The molecule has 2 rings (SSSR count). The third-order valence-corrected chi connectivity index (χ3v) is 3.16. The lowest BCUT2D eigenvalue weighted by molar-refractivity contribution is -0.128. The van der Waals surface area contributed by atoms with E-state index in [4.69, 9.17) is 9.15 Å². The summed E-state index contributed by atoms with van der Waals surface area (Å²) in [6, 6.07) is 0. The maximum atomic E-state index is 12.3. The number of hydrogen-bond acceptors (Lipinski definition) is 6. The minimum atomic E-state index is -0.975.